The minimum Gasteiger partial charge on any atom is -0.440 e. The third-order valence-electron chi connectivity index (χ3n) is 6.53. The van der Waals surface area contributed by atoms with Crippen LogP contribution in [0.15, 0.2) is 76.9 Å². The zero-order chi connectivity index (χ0) is 21.7. The topological polar surface area (TPSA) is 62.3 Å². The lowest BCUT2D eigenvalue weighted by atomic mass is 9.77. The second-order valence-corrected chi connectivity index (χ2v) is 9.06. The molecule has 3 heterocycles. The van der Waals surface area contributed by atoms with Gasteiger partial charge in [-0.1, -0.05) is 47.5 Å². The Bertz CT molecular complexity index is 1170. The van der Waals surface area contributed by atoms with E-state index in [1.165, 1.54) is 0 Å². The van der Waals surface area contributed by atoms with Crippen LogP contribution in [0.2, 0.25) is 10.0 Å². The number of ether oxygens (including phenoxy) is 1. The molecule has 1 fully saturated rings. The van der Waals surface area contributed by atoms with Crippen LogP contribution in [0.4, 0.5) is 0 Å². The van der Waals surface area contributed by atoms with Crippen molar-refractivity contribution in [2.75, 3.05) is 7.05 Å². The van der Waals surface area contributed by atoms with Crippen LogP contribution in [-0.4, -0.2) is 24.0 Å². The van der Waals surface area contributed by atoms with Gasteiger partial charge in [-0.2, -0.15) is 5.26 Å². The maximum atomic E-state index is 9.94. The smallest absolute Gasteiger partial charge is 0.205 e. The number of hydrogen-bond donors (Lipinski definition) is 1. The summed E-state index contributed by atoms with van der Waals surface area (Å²) >= 11 is 12.2. The minimum atomic E-state index is -0.258. The average molecular weight is 450 g/mol. The zero-order valence-electron chi connectivity index (χ0n) is 17.0. The summed E-state index contributed by atoms with van der Waals surface area (Å²) in [6.07, 6.45) is 4.17. The van der Waals surface area contributed by atoms with Gasteiger partial charge in [0.25, 0.3) is 0 Å². The second kappa shape index (κ2) is 7.76. The van der Waals surface area contributed by atoms with Gasteiger partial charge in [0, 0.05) is 33.3 Å². The van der Waals surface area contributed by atoms with Crippen molar-refractivity contribution in [3.63, 3.8) is 0 Å². The van der Waals surface area contributed by atoms with E-state index < -0.39 is 0 Å². The van der Waals surface area contributed by atoms with E-state index >= 15 is 0 Å². The van der Waals surface area contributed by atoms with E-state index in [-0.39, 0.29) is 23.9 Å². The predicted molar refractivity (Wildman–Crippen MR) is 123 cm³/mol. The molecule has 31 heavy (non-hydrogen) atoms. The van der Waals surface area contributed by atoms with Crippen molar-refractivity contribution in [2.45, 2.75) is 30.8 Å². The lowest BCUT2D eigenvalue weighted by Gasteiger charge is -2.41. The number of hydrogen-bond acceptors (Lipinski definition) is 4. The van der Waals surface area contributed by atoms with Crippen LogP contribution in [0.3, 0.4) is 0 Å². The highest BCUT2D eigenvalue weighted by atomic mass is 35.5. The van der Waals surface area contributed by atoms with Crippen LogP contribution in [0.5, 0.6) is 0 Å². The first-order valence-electron chi connectivity index (χ1n) is 10.2. The minimum absolute atomic E-state index is 0.173. The highest BCUT2D eigenvalue weighted by Crippen LogP contribution is 2.52. The Morgan fingerprint density at radius 2 is 1.65 bits per heavy atom. The molecule has 0 spiro atoms. The molecule has 2 unspecified atom stereocenters. The number of nitrogens with zero attached hydrogens (tertiary/aromatic N) is 2. The van der Waals surface area contributed by atoms with Gasteiger partial charge in [0.15, 0.2) is 0 Å². The van der Waals surface area contributed by atoms with E-state index in [2.05, 4.69) is 24.1 Å². The summed E-state index contributed by atoms with van der Waals surface area (Å²) in [7, 11) is 2.15. The fourth-order valence-corrected chi connectivity index (χ4v) is 5.34. The van der Waals surface area contributed by atoms with Gasteiger partial charge in [0.05, 0.1) is 5.92 Å². The van der Waals surface area contributed by atoms with Gasteiger partial charge < -0.3 is 10.5 Å². The first-order chi connectivity index (χ1) is 15.0. The Morgan fingerprint density at radius 1 is 1.03 bits per heavy atom. The SMILES string of the molecule is CN1C2CCC1/C(=C\c1ccc(Cl)cc1)C1=C2[C@@H](c2ccc(Cl)cc2)C(C#N)=C(N)O1. The monoisotopic (exact) mass is 449 g/mol. The normalized spacial score (nSPS) is 26.6. The van der Waals surface area contributed by atoms with Gasteiger partial charge >= 0.3 is 0 Å². The summed E-state index contributed by atoms with van der Waals surface area (Å²) < 4.78 is 6.17. The summed E-state index contributed by atoms with van der Waals surface area (Å²) in [6, 6.07) is 18.1. The van der Waals surface area contributed by atoms with E-state index in [0.29, 0.717) is 15.6 Å². The maximum Gasteiger partial charge on any atom is 0.205 e. The average Bonchev–Trinajstić information content (AvgIpc) is 3.05. The summed E-state index contributed by atoms with van der Waals surface area (Å²) in [4.78, 5) is 2.39. The first-order valence-corrected chi connectivity index (χ1v) is 11.0. The molecular weight excluding hydrogens is 429 g/mol. The highest BCUT2D eigenvalue weighted by Gasteiger charge is 2.48. The number of rotatable bonds is 2. The molecule has 3 aliphatic heterocycles. The second-order valence-electron chi connectivity index (χ2n) is 8.19. The molecule has 5 rings (SSSR count). The third-order valence-corrected chi connectivity index (χ3v) is 7.04. The van der Waals surface area contributed by atoms with Crippen molar-refractivity contribution in [3.05, 3.63) is 98.1 Å². The van der Waals surface area contributed by atoms with Gasteiger partial charge in [-0.15, -0.1) is 0 Å². The molecule has 3 aliphatic rings. The Balaban J connectivity index is 1.71. The predicted octanol–water partition coefficient (Wildman–Crippen LogP) is 5.62. The first kappa shape index (κ1) is 20.2. The highest BCUT2D eigenvalue weighted by molar-refractivity contribution is 6.30. The maximum absolute atomic E-state index is 9.94. The third kappa shape index (κ3) is 3.34. The van der Waals surface area contributed by atoms with E-state index in [1.807, 2.05) is 48.5 Å². The van der Waals surface area contributed by atoms with E-state index in [1.54, 1.807) is 0 Å². The van der Waals surface area contributed by atoms with Crippen LogP contribution < -0.4 is 5.73 Å². The molecule has 4 nitrogen and oxygen atoms in total. The van der Waals surface area contributed by atoms with Crippen molar-refractivity contribution in [2.24, 2.45) is 5.73 Å². The van der Waals surface area contributed by atoms with Crippen LogP contribution in [0, 0.1) is 11.3 Å². The molecule has 0 aliphatic carbocycles. The van der Waals surface area contributed by atoms with Crippen molar-refractivity contribution >= 4 is 29.3 Å². The van der Waals surface area contributed by atoms with Gasteiger partial charge in [0.1, 0.15) is 17.4 Å². The van der Waals surface area contributed by atoms with Crippen LogP contribution in [0.25, 0.3) is 6.08 Å². The number of likely N-dealkylation sites (N-methyl/N-ethyl adjacent to an activating group) is 1. The molecule has 2 N–H and O–H groups in total. The van der Waals surface area contributed by atoms with Gasteiger partial charge in [-0.25, -0.2) is 0 Å². The molecule has 0 saturated carbocycles. The summed E-state index contributed by atoms with van der Waals surface area (Å²) in [5, 5.41) is 11.3. The molecule has 2 aromatic rings. The van der Waals surface area contributed by atoms with Crippen molar-refractivity contribution < 1.29 is 4.74 Å². The lowest BCUT2D eigenvalue weighted by Crippen LogP contribution is -2.43. The van der Waals surface area contributed by atoms with Crippen LogP contribution in [-0.2, 0) is 4.74 Å². The molecule has 0 aromatic heterocycles. The number of allylic oxidation sites excluding steroid dienone is 1. The van der Waals surface area contributed by atoms with Crippen molar-refractivity contribution in [1.29, 1.82) is 5.26 Å². The molecule has 156 valence electrons. The van der Waals surface area contributed by atoms with Gasteiger partial charge in [-0.05, 0) is 61.4 Å². The molecule has 2 bridgehead atoms. The molecule has 1 saturated heterocycles. The summed E-state index contributed by atoms with van der Waals surface area (Å²) in [6.45, 7) is 0. The van der Waals surface area contributed by atoms with Crippen LogP contribution >= 0.6 is 23.2 Å². The number of fused-ring (bicyclic) bond motifs is 3. The summed E-state index contributed by atoms with van der Waals surface area (Å²) in [5.41, 5.74) is 11.0. The van der Waals surface area contributed by atoms with Crippen LogP contribution in [0.1, 0.15) is 29.9 Å². The fraction of sp³-hybridized carbons (Fsp3) is 0.240. The molecule has 2 aromatic carbocycles. The van der Waals surface area contributed by atoms with Gasteiger partial charge in [-0.3, -0.25) is 4.90 Å². The Morgan fingerprint density at radius 3 is 2.29 bits per heavy atom. The van der Waals surface area contributed by atoms with E-state index in [4.69, 9.17) is 33.7 Å². The zero-order valence-corrected chi connectivity index (χ0v) is 18.5. The number of benzene rings is 2. The molecule has 6 heteroatoms. The summed E-state index contributed by atoms with van der Waals surface area (Å²) in [5.74, 6) is 0.718. The van der Waals surface area contributed by atoms with E-state index in [9.17, 15) is 5.26 Å². The molecule has 3 atom stereocenters. The Labute approximate surface area is 191 Å². The Kier molecular flexibility index (Phi) is 5.06. The molecular formula is C25H21Cl2N3O. The largest absolute Gasteiger partial charge is 0.440 e. The van der Waals surface area contributed by atoms with E-state index in [0.717, 1.165) is 40.9 Å². The number of nitrogens with two attached hydrogens (primary N) is 1. The fourth-order valence-electron chi connectivity index (χ4n) is 5.08. The van der Waals surface area contributed by atoms with Gasteiger partial charge in [0.2, 0.25) is 5.88 Å². The van der Waals surface area contributed by atoms with Crippen molar-refractivity contribution in [1.82, 2.24) is 4.90 Å². The number of halogens is 2. The molecule has 0 radical (unpaired) electrons. The number of nitriles is 1. The Hall–Kier alpha value is -2.71. The quantitative estimate of drug-likeness (QED) is 0.646. The standard InChI is InChI=1S/C25H21Cl2N3O/c1-30-20-10-11-21(30)23-22(15-4-8-17(27)9-5-15)19(13-28)25(29)31-24(23)18(20)12-14-2-6-16(26)7-3-14/h2-9,12,20-22H,10-11,29H2,1H3/b18-12+/t20?,21?,22-/m0/s1. The molecule has 0 amide bonds. The lowest BCUT2D eigenvalue weighted by molar-refractivity contribution is 0.209. The van der Waals surface area contributed by atoms with Crippen molar-refractivity contribution in [3.8, 4) is 6.07 Å².